The van der Waals surface area contributed by atoms with Crippen LogP contribution < -0.4 is 20.1 Å². The third-order valence-corrected chi connectivity index (χ3v) is 8.15. The van der Waals surface area contributed by atoms with E-state index in [1.807, 2.05) is 31.3 Å². The standard InChI is InChI=1S/C32H34N6O5/c1-18-34-25-9-7-19(15-27(25)42-18)23-17-33-29-28(23)31(43-22-5-3-4-6-22)38-32(37-29)36-24-10-8-20(16-26(24)40-2)30(39)35-21-11-13-41-14-12-21/h7-10,15-17,21-22H,3-6,11-14H2,1-2H3,(H,35,39)(H2,33,36,37,38). The van der Waals surface area contributed by atoms with Crippen molar-refractivity contribution in [2.75, 3.05) is 25.6 Å². The zero-order valence-electron chi connectivity index (χ0n) is 24.2. The molecular formula is C32H34N6O5. The van der Waals surface area contributed by atoms with Crippen molar-refractivity contribution in [1.29, 1.82) is 0 Å². The van der Waals surface area contributed by atoms with Crippen LogP contribution in [-0.4, -0.2) is 58.3 Å². The van der Waals surface area contributed by atoms with Gasteiger partial charge < -0.3 is 34.2 Å². The predicted molar refractivity (Wildman–Crippen MR) is 162 cm³/mol. The number of carbonyl (C=O) groups excluding carboxylic acids is 1. The molecule has 0 spiro atoms. The Balaban J connectivity index is 1.21. The number of amides is 1. The molecule has 1 aliphatic heterocycles. The van der Waals surface area contributed by atoms with Crippen molar-refractivity contribution in [3.05, 3.63) is 54.0 Å². The smallest absolute Gasteiger partial charge is 0.251 e. The van der Waals surface area contributed by atoms with E-state index in [2.05, 4.69) is 20.6 Å². The van der Waals surface area contributed by atoms with Gasteiger partial charge in [0.2, 0.25) is 11.8 Å². The average molecular weight is 583 g/mol. The second-order valence-corrected chi connectivity index (χ2v) is 11.1. The Morgan fingerprint density at radius 3 is 2.67 bits per heavy atom. The molecule has 0 radical (unpaired) electrons. The zero-order chi connectivity index (χ0) is 29.3. The van der Waals surface area contributed by atoms with Gasteiger partial charge in [0.1, 0.15) is 23.0 Å². The second-order valence-electron chi connectivity index (χ2n) is 11.1. The number of hydrogen-bond acceptors (Lipinski definition) is 9. The molecule has 1 amide bonds. The average Bonchev–Trinajstić information content (AvgIpc) is 3.77. The summed E-state index contributed by atoms with van der Waals surface area (Å²) in [5.41, 5.74) is 5.19. The minimum absolute atomic E-state index is 0.0937. The van der Waals surface area contributed by atoms with Gasteiger partial charge >= 0.3 is 0 Å². The van der Waals surface area contributed by atoms with E-state index in [1.54, 1.807) is 25.3 Å². The summed E-state index contributed by atoms with van der Waals surface area (Å²) in [6.07, 6.45) is 7.88. The fraction of sp³-hybridized carbons (Fsp3) is 0.375. The van der Waals surface area contributed by atoms with Crippen LogP contribution in [0.2, 0.25) is 0 Å². The number of rotatable bonds is 8. The fourth-order valence-electron chi connectivity index (χ4n) is 5.91. The summed E-state index contributed by atoms with van der Waals surface area (Å²) >= 11 is 0. The number of benzene rings is 2. The first-order valence-electron chi connectivity index (χ1n) is 14.8. The van der Waals surface area contributed by atoms with Crippen molar-refractivity contribution in [3.63, 3.8) is 0 Å². The Labute approximate surface area is 248 Å². The Kier molecular flexibility index (Phi) is 7.32. The maximum Gasteiger partial charge on any atom is 0.251 e. The van der Waals surface area contributed by atoms with Crippen LogP contribution in [0.4, 0.5) is 11.6 Å². The summed E-state index contributed by atoms with van der Waals surface area (Å²) in [5.74, 6) is 1.85. The number of hydrogen-bond donors (Lipinski definition) is 3. The van der Waals surface area contributed by atoms with Gasteiger partial charge in [-0.25, -0.2) is 4.98 Å². The van der Waals surface area contributed by atoms with Gasteiger partial charge in [-0.05, 0) is 74.4 Å². The molecule has 3 aromatic heterocycles. The van der Waals surface area contributed by atoms with E-state index in [-0.39, 0.29) is 18.1 Å². The number of fused-ring (bicyclic) bond motifs is 2. The number of aromatic nitrogens is 4. The number of methoxy groups -OCH3 is 1. The van der Waals surface area contributed by atoms with E-state index in [9.17, 15) is 4.79 Å². The number of carbonyl (C=O) groups is 1. The summed E-state index contributed by atoms with van der Waals surface area (Å²) < 4.78 is 23.4. The lowest BCUT2D eigenvalue weighted by atomic mass is 10.1. The van der Waals surface area contributed by atoms with Gasteiger partial charge in [0.15, 0.2) is 11.5 Å². The number of aromatic amines is 1. The molecule has 5 aromatic rings. The summed E-state index contributed by atoms with van der Waals surface area (Å²) in [7, 11) is 1.57. The molecule has 2 aliphatic rings. The van der Waals surface area contributed by atoms with Crippen molar-refractivity contribution in [2.24, 2.45) is 0 Å². The highest BCUT2D eigenvalue weighted by atomic mass is 16.5. The molecule has 0 atom stereocenters. The van der Waals surface area contributed by atoms with Crippen LogP contribution >= 0.6 is 0 Å². The van der Waals surface area contributed by atoms with Crippen LogP contribution in [0.5, 0.6) is 11.6 Å². The van der Waals surface area contributed by atoms with Gasteiger partial charge in [0.05, 0.1) is 18.2 Å². The van der Waals surface area contributed by atoms with E-state index in [4.69, 9.17) is 28.6 Å². The van der Waals surface area contributed by atoms with Crippen LogP contribution in [0.3, 0.4) is 0 Å². The molecule has 4 heterocycles. The van der Waals surface area contributed by atoms with Gasteiger partial charge in [-0.2, -0.15) is 9.97 Å². The lowest BCUT2D eigenvalue weighted by molar-refractivity contribution is 0.0696. The number of oxazole rings is 1. The Bertz CT molecular complexity index is 1780. The molecule has 0 unspecified atom stereocenters. The number of H-pyrrole nitrogens is 1. The third-order valence-electron chi connectivity index (χ3n) is 8.15. The van der Waals surface area contributed by atoms with Crippen LogP contribution in [0.15, 0.2) is 47.0 Å². The largest absolute Gasteiger partial charge is 0.495 e. The predicted octanol–water partition coefficient (Wildman–Crippen LogP) is 6.06. The summed E-state index contributed by atoms with van der Waals surface area (Å²) in [5, 5.41) is 7.19. The molecule has 0 bridgehead atoms. The van der Waals surface area contributed by atoms with Crippen molar-refractivity contribution in [2.45, 2.75) is 57.6 Å². The lowest BCUT2D eigenvalue weighted by Gasteiger charge is -2.23. The topological polar surface area (TPSA) is 136 Å². The van der Waals surface area contributed by atoms with E-state index >= 15 is 0 Å². The first-order valence-corrected chi connectivity index (χ1v) is 14.8. The SMILES string of the molecule is COc1cc(C(=O)NC2CCOCC2)ccc1Nc1nc(OC2CCCC2)c2c(-c3ccc4nc(C)oc4c3)c[nH]c2n1. The van der Waals surface area contributed by atoms with Gasteiger partial charge in [0, 0.05) is 43.5 Å². The number of aryl methyl sites for hydroxylation is 1. The maximum absolute atomic E-state index is 12.9. The number of anilines is 2. The molecule has 1 saturated heterocycles. The first kappa shape index (κ1) is 27.2. The Hall–Kier alpha value is -4.64. The molecule has 1 saturated carbocycles. The third kappa shape index (κ3) is 5.60. The van der Waals surface area contributed by atoms with Crippen LogP contribution in [0, 0.1) is 6.92 Å². The molecule has 7 rings (SSSR count). The van der Waals surface area contributed by atoms with E-state index in [1.165, 1.54) is 0 Å². The van der Waals surface area contributed by atoms with Gasteiger partial charge in [-0.3, -0.25) is 4.79 Å². The molecule has 2 fully saturated rings. The van der Waals surface area contributed by atoms with Crippen molar-refractivity contribution >= 4 is 39.7 Å². The first-order chi connectivity index (χ1) is 21.0. The van der Waals surface area contributed by atoms with Gasteiger partial charge in [-0.15, -0.1) is 0 Å². The number of nitrogens with zero attached hydrogens (tertiary/aromatic N) is 3. The quantitative estimate of drug-likeness (QED) is 0.199. The van der Waals surface area contributed by atoms with Crippen LogP contribution in [0.1, 0.15) is 54.8 Å². The van der Waals surface area contributed by atoms with E-state index in [0.29, 0.717) is 53.6 Å². The lowest BCUT2D eigenvalue weighted by Crippen LogP contribution is -2.38. The molecular weight excluding hydrogens is 548 g/mol. The van der Waals surface area contributed by atoms with Crippen molar-refractivity contribution in [1.82, 2.24) is 25.3 Å². The number of ether oxygens (including phenoxy) is 3. The fourth-order valence-corrected chi connectivity index (χ4v) is 5.91. The number of nitrogens with one attached hydrogen (secondary N) is 3. The van der Waals surface area contributed by atoms with Gasteiger partial charge in [-0.1, -0.05) is 6.07 Å². The summed E-state index contributed by atoms with van der Waals surface area (Å²) in [6.45, 7) is 3.16. The van der Waals surface area contributed by atoms with E-state index < -0.39 is 0 Å². The Morgan fingerprint density at radius 2 is 1.86 bits per heavy atom. The Morgan fingerprint density at radius 1 is 1.02 bits per heavy atom. The highest BCUT2D eigenvalue weighted by molar-refractivity contribution is 5.99. The van der Waals surface area contributed by atoms with Crippen LogP contribution in [0.25, 0.3) is 33.3 Å². The molecule has 11 heteroatoms. The van der Waals surface area contributed by atoms with Crippen molar-refractivity contribution < 1.29 is 23.4 Å². The molecule has 1 aliphatic carbocycles. The van der Waals surface area contributed by atoms with Gasteiger partial charge in [0.25, 0.3) is 5.91 Å². The molecule has 43 heavy (non-hydrogen) atoms. The zero-order valence-corrected chi connectivity index (χ0v) is 24.2. The minimum atomic E-state index is -0.140. The highest BCUT2D eigenvalue weighted by Crippen LogP contribution is 2.38. The highest BCUT2D eigenvalue weighted by Gasteiger charge is 2.24. The molecule has 11 nitrogen and oxygen atoms in total. The molecule has 222 valence electrons. The summed E-state index contributed by atoms with van der Waals surface area (Å²) in [4.78, 5) is 30.3. The minimum Gasteiger partial charge on any atom is -0.495 e. The monoisotopic (exact) mass is 582 g/mol. The van der Waals surface area contributed by atoms with Crippen LogP contribution in [-0.2, 0) is 4.74 Å². The molecule has 3 N–H and O–H groups in total. The summed E-state index contributed by atoms with van der Waals surface area (Å²) in [6, 6.07) is 11.3. The molecule has 2 aromatic carbocycles. The second kappa shape index (κ2) is 11.6. The van der Waals surface area contributed by atoms with Crippen molar-refractivity contribution in [3.8, 4) is 22.8 Å². The normalized spacial score (nSPS) is 16.1. The van der Waals surface area contributed by atoms with E-state index in [0.717, 1.165) is 66.1 Å². The maximum atomic E-state index is 12.9.